The van der Waals surface area contributed by atoms with Gasteiger partial charge >= 0.3 is 5.97 Å². The predicted molar refractivity (Wildman–Crippen MR) is 62.5 cm³/mol. The molecule has 5 nitrogen and oxygen atoms in total. The van der Waals surface area contributed by atoms with Crippen molar-refractivity contribution in [2.24, 2.45) is 0 Å². The van der Waals surface area contributed by atoms with Crippen LogP contribution in [0.5, 0.6) is 5.75 Å². The molecule has 0 saturated carbocycles. The maximum Gasteiger partial charge on any atom is 0.339 e. The van der Waals surface area contributed by atoms with Crippen LogP contribution in [0, 0.1) is 11.3 Å². The smallest absolute Gasteiger partial charge is 0.339 e. The van der Waals surface area contributed by atoms with E-state index in [-0.39, 0.29) is 0 Å². The van der Waals surface area contributed by atoms with E-state index in [9.17, 15) is 4.79 Å². The Hall–Kier alpha value is -2.22. The summed E-state index contributed by atoms with van der Waals surface area (Å²) in [6.07, 6.45) is -0.782. The van der Waals surface area contributed by atoms with Crippen molar-refractivity contribution in [3.05, 3.63) is 23.8 Å². The fourth-order valence-corrected chi connectivity index (χ4v) is 1.22. The van der Waals surface area contributed by atoms with E-state index in [1.54, 1.807) is 12.1 Å². The molecule has 0 bridgehead atoms. The zero-order chi connectivity index (χ0) is 12.8. The van der Waals surface area contributed by atoms with Crippen LogP contribution in [0.15, 0.2) is 18.2 Å². The highest BCUT2D eigenvalue weighted by Crippen LogP contribution is 2.22. The molecule has 5 heteroatoms. The SMILES string of the molecule is CCOc1ccc(C(=O)OC(C)C#N)cc1N. The first kappa shape index (κ1) is 12.8. The first-order chi connectivity index (χ1) is 8.08. The molecule has 17 heavy (non-hydrogen) atoms. The summed E-state index contributed by atoms with van der Waals surface area (Å²) in [5, 5.41) is 8.53. The molecule has 2 N–H and O–H groups in total. The maximum absolute atomic E-state index is 11.6. The molecule has 1 unspecified atom stereocenters. The van der Waals surface area contributed by atoms with E-state index in [0.717, 1.165) is 0 Å². The predicted octanol–water partition coefficient (Wildman–Crippen LogP) is 1.74. The fourth-order valence-electron chi connectivity index (χ4n) is 1.22. The first-order valence-electron chi connectivity index (χ1n) is 5.21. The molecule has 0 spiro atoms. The van der Waals surface area contributed by atoms with Crippen LogP contribution in [0.3, 0.4) is 0 Å². The Kier molecular flexibility index (Phi) is 4.35. The summed E-state index contributed by atoms with van der Waals surface area (Å²) < 4.78 is 10.1. The number of anilines is 1. The number of hydrogen-bond donors (Lipinski definition) is 1. The van der Waals surface area contributed by atoms with E-state index in [1.807, 2.05) is 13.0 Å². The average molecular weight is 234 g/mol. The summed E-state index contributed by atoms with van der Waals surface area (Å²) in [4.78, 5) is 11.6. The van der Waals surface area contributed by atoms with Crippen molar-refractivity contribution in [1.29, 1.82) is 5.26 Å². The number of nitrogens with two attached hydrogens (primary N) is 1. The van der Waals surface area contributed by atoms with Crippen molar-refractivity contribution in [2.75, 3.05) is 12.3 Å². The van der Waals surface area contributed by atoms with Gasteiger partial charge < -0.3 is 15.2 Å². The lowest BCUT2D eigenvalue weighted by Crippen LogP contribution is -2.13. The van der Waals surface area contributed by atoms with Crippen molar-refractivity contribution in [3.63, 3.8) is 0 Å². The minimum absolute atomic E-state index is 0.299. The minimum atomic E-state index is -0.782. The molecule has 0 heterocycles. The van der Waals surface area contributed by atoms with Crippen molar-refractivity contribution >= 4 is 11.7 Å². The van der Waals surface area contributed by atoms with Crippen LogP contribution in [0.4, 0.5) is 5.69 Å². The number of nitrogens with zero attached hydrogens (tertiary/aromatic N) is 1. The van der Waals surface area contributed by atoms with Gasteiger partial charge in [0.25, 0.3) is 0 Å². The summed E-state index contributed by atoms with van der Waals surface area (Å²) in [5.41, 5.74) is 6.38. The van der Waals surface area contributed by atoms with Gasteiger partial charge in [0.15, 0.2) is 6.10 Å². The van der Waals surface area contributed by atoms with Crippen molar-refractivity contribution < 1.29 is 14.3 Å². The molecule has 0 fully saturated rings. The number of ether oxygens (including phenoxy) is 2. The van der Waals surface area contributed by atoms with Crippen LogP contribution in [0.1, 0.15) is 24.2 Å². The molecule has 1 aromatic rings. The normalized spacial score (nSPS) is 11.4. The minimum Gasteiger partial charge on any atom is -0.492 e. The maximum atomic E-state index is 11.6. The molecular weight excluding hydrogens is 220 g/mol. The molecule has 0 aliphatic heterocycles. The summed E-state index contributed by atoms with van der Waals surface area (Å²) >= 11 is 0. The third kappa shape index (κ3) is 3.38. The van der Waals surface area contributed by atoms with Gasteiger partial charge in [-0.25, -0.2) is 4.79 Å². The van der Waals surface area contributed by atoms with Gasteiger partial charge in [-0.05, 0) is 32.0 Å². The molecule has 90 valence electrons. The zero-order valence-corrected chi connectivity index (χ0v) is 9.77. The second kappa shape index (κ2) is 5.75. The van der Waals surface area contributed by atoms with Gasteiger partial charge in [0, 0.05) is 0 Å². The molecule has 0 radical (unpaired) electrons. The zero-order valence-electron chi connectivity index (χ0n) is 9.77. The van der Waals surface area contributed by atoms with Crippen molar-refractivity contribution in [2.45, 2.75) is 20.0 Å². The van der Waals surface area contributed by atoms with Crippen LogP contribution in [-0.4, -0.2) is 18.7 Å². The number of benzene rings is 1. The number of rotatable bonds is 4. The number of nitrogen functional groups attached to an aromatic ring is 1. The highest BCUT2D eigenvalue weighted by Gasteiger charge is 2.13. The Balaban J connectivity index is 2.83. The van der Waals surface area contributed by atoms with E-state index in [1.165, 1.54) is 13.0 Å². The Morgan fingerprint density at radius 3 is 2.82 bits per heavy atom. The lowest BCUT2D eigenvalue weighted by molar-refractivity contribution is 0.0435. The highest BCUT2D eigenvalue weighted by atomic mass is 16.5. The Morgan fingerprint density at radius 1 is 1.59 bits per heavy atom. The van der Waals surface area contributed by atoms with Crippen molar-refractivity contribution in [1.82, 2.24) is 0 Å². The van der Waals surface area contributed by atoms with E-state index in [4.69, 9.17) is 20.5 Å². The molecule has 1 rings (SSSR count). The highest BCUT2D eigenvalue weighted by molar-refractivity contribution is 5.91. The number of carbonyl (C=O) groups excluding carboxylic acids is 1. The van der Waals surface area contributed by atoms with Crippen LogP contribution >= 0.6 is 0 Å². The Morgan fingerprint density at radius 2 is 2.29 bits per heavy atom. The molecule has 1 atom stereocenters. The summed E-state index contributed by atoms with van der Waals surface area (Å²) in [6, 6.07) is 6.44. The molecule has 0 saturated heterocycles. The van der Waals surface area contributed by atoms with Gasteiger partial charge in [0.2, 0.25) is 0 Å². The lowest BCUT2D eigenvalue weighted by atomic mass is 10.2. The fraction of sp³-hybridized carbons (Fsp3) is 0.333. The molecule has 0 aromatic heterocycles. The lowest BCUT2D eigenvalue weighted by Gasteiger charge is -2.09. The standard InChI is InChI=1S/C12H14N2O3/c1-3-16-11-5-4-9(6-10(11)14)12(15)17-8(2)7-13/h4-6,8H,3,14H2,1-2H3. The molecular formula is C12H14N2O3. The number of hydrogen-bond acceptors (Lipinski definition) is 5. The van der Waals surface area contributed by atoms with Crippen molar-refractivity contribution in [3.8, 4) is 11.8 Å². The third-order valence-electron chi connectivity index (χ3n) is 2.01. The monoisotopic (exact) mass is 234 g/mol. The summed E-state index contributed by atoms with van der Waals surface area (Å²) in [6.45, 7) is 3.84. The average Bonchev–Trinajstić information content (AvgIpc) is 2.31. The summed E-state index contributed by atoms with van der Waals surface area (Å²) in [5.74, 6) is -0.0498. The number of esters is 1. The van der Waals surface area contributed by atoms with Gasteiger partial charge in [-0.2, -0.15) is 5.26 Å². The van der Waals surface area contributed by atoms with Crippen LogP contribution < -0.4 is 10.5 Å². The van der Waals surface area contributed by atoms with Crippen LogP contribution in [0.2, 0.25) is 0 Å². The Bertz CT molecular complexity index is 452. The largest absolute Gasteiger partial charge is 0.492 e. The third-order valence-corrected chi connectivity index (χ3v) is 2.01. The van der Waals surface area contributed by atoms with Crippen LogP contribution in [-0.2, 0) is 4.74 Å². The van der Waals surface area contributed by atoms with E-state index in [0.29, 0.717) is 23.6 Å². The molecule has 0 aliphatic rings. The molecule has 0 amide bonds. The quantitative estimate of drug-likeness (QED) is 0.633. The van der Waals surface area contributed by atoms with Gasteiger partial charge in [-0.1, -0.05) is 0 Å². The Labute approximate surface area is 99.7 Å². The molecule has 0 aliphatic carbocycles. The van der Waals surface area contributed by atoms with Gasteiger partial charge in [-0.15, -0.1) is 0 Å². The second-order valence-electron chi connectivity index (χ2n) is 3.36. The molecule has 1 aromatic carbocycles. The van der Waals surface area contributed by atoms with Gasteiger partial charge in [0.1, 0.15) is 11.8 Å². The summed E-state index contributed by atoms with van der Waals surface area (Å²) in [7, 11) is 0. The topological polar surface area (TPSA) is 85.3 Å². The number of nitriles is 1. The second-order valence-corrected chi connectivity index (χ2v) is 3.36. The van der Waals surface area contributed by atoms with Crippen LogP contribution in [0.25, 0.3) is 0 Å². The van der Waals surface area contributed by atoms with E-state index >= 15 is 0 Å². The number of carbonyl (C=O) groups is 1. The van der Waals surface area contributed by atoms with E-state index in [2.05, 4.69) is 0 Å². The first-order valence-corrected chi connectivity index (χ1v) is 5.21. The van der Waals surface area contributed by atoms with Gasteiger partial charge in [0.05, 0.1) is 17.9 Å². The van der Waals surface area contributed by atoms with E-state index < -0.39 is 12.1 Å². The van der Waals surface area contributed by atoms with Gasteiger partial charge in [-0.3, -0.25) is 0 Å².